The first-order chi connectivity index (χ1) is 14.6. The summed E-state index contributed by atoms with van der Waals surface area (Å²) in [5.74, 6) is 0.335. The number of aryl methyl sites for hydroxylation is 1. The van der Waals surface area contributed by atoms with E-state index in [2.05, 4.69) is 51.5 Å². The summed E-state index contributed by atoms with van der Waals surface area (Å²) in [5.41, 5.74) is 6.33. The number of hydrogen-bond donors (Lipinski definition) is 1. The quantitative estimate of drug-likeness (QED) is 0.559. The third-order valence-corrected chi connectivity index (χ3v) is 6.29. The Morgan fingerprint density at radius 1 is 1.17 bits per heavy atom. The fourth-order valence-corrected chi connectivity index (χ4v) is 4.57. The van der Waals surface area contributed by atoms with E-state index in [-0.39, 0.29) is 11.8 Å². The van der Waals surface area contributed by atoms with E-state index in [1.807, 2.05) is 31.3 Å². The van der Waals surface area contributed by atoms with Crippen LogP contribution in [-0.4, -0.2) is 43.6 Å². The van der Waals surface area contributed by atoms with E-state index in [9.17, 15) is 4.79 Å². The second-order valence-corrected chi connectivity index (χ2v) is 8.05. The zero-order valence-electron chi connectivity index (χ0n) is 17.3. The molecule has 1 saturated heterocycles. The number of para-hydroxylation sites is 1. The first-order valence-electron chi connectivity index (χ1n) is 10.4. The number of H-pyrrole nitrogens is 1. The molecule has 4 aromatic rings. The second-order valence-electron chi connectivity index (χ2n) is 8.05. The summed E-state index contributed by atoms with van der Waals surface area (Å²) in [5, 5.41) is 5.46. The van der Waals surface area contributed by atoms with E-state index in [4.69, 9.17) is 0 Å². The molecule has 1 aromatic carbocycles. The van der Waals surface area contributed by atoms with Gasteiger partial charge in [-0.3, -0.25) is 14.5 Å². The molecule has 6 heteroatoms. The standard InChI is InChI=1S/C24H25N5O/c1-16-20(14-26-28(16)2)24(30)29-13-5-6-18(15-29)23-22(17-9-11-25-12-10-17)19-7-3-4-8-21(19)27-23/h3-4,7-12,14,18,27H,5-6,13,15H2,1-2H3. The van der Waals surface area contributed by atoms with Crippen molar-refractivity contribution in [3.8, 4) is 11.1 Å². The van der Waals surface area contributed by atoms with Crippen LogP contribution < -0.4 is 0 Å². The van der Waals surface area contributed by atoms with Crippen molar-refractivity contribution in [3.63, 3.8) is 0 Å². The highest BCUT2D eigenvalue weighted by molar-refractivity contribution is 5.98. The van der Waals surface area contributed by atoms with E-state index in [1.54, 1.807) is 10.9 Å². The lowest BCUT2D eigenvalue weighted by Crippen LogP contribution is -2.39. The molecule has 4 heterocycles. The van der Waals surface area contributed by atoms with E-state index >= 15 is 0 Å². The smallest absolute Gasteiger partial charge is 0.257 e. The first kappa shape index (κ1) is 18.6. The van der Waals surface area contributed by atoms with Crippen LogP contribution in [-0.2, 0) is 7.05 Å². The molecule has 0 spiro atoms. The van der Waals surface area contributed by atoms with Crippen LogP contribution >= 0.6 is 0 Å². The molecule has 1 unspecified atom stereocenters. The molecule has 0 aliphatic carbocycles. The van der Waals surface area contributed by atoms with Gasteiger partial charge in [0.05, 0.1) is 11.8 Å². The Morgan fingerprint density at radius 2 is 1.97 bits per heavy atom. The van der Waals surface area contributed by atoms with Gasteiger partial charge in [0, 0.05) is 66.3 Å². The van der Waals surface area contributed by atoms with Crippen LogP contribution in [0.4, 0.5) is 0 Å². The molecule has 1 aliphatic heterocycles. The normalized spacial score (nSPS) is 16.9. The Balaban J connectivity index is 1.53. The van der Waals surface area contributed by atoms with Crippen LogP contribution in [0.1, 0.15) is 40.5 Å². The number of pyridine rings is 1. The molecule has 0 bridgehead atoms. The third-order valence-electron chi connectivity index (χ3n) is 6.29. The van der Waals surface area contributed by atoms with Crippen LogP contribution in [0.25, 0.3) is 22.0 Å². The topological polar surface area (TPSA) is 66.8 Å². The zero-order chi connectivity index (χ0) is 20.7. The molecule has 1 N–H and O–H groups in total. The van der Waals surface area contributed by atoms with Gasteiger partial charge in [0.15, 0.2) is 0 Å². The molecule has 3 aromatic heterocycles. The predicted octanol–water partition coefficient (Wildman–Crippen LogP) is 4.29. The number of rotatable bonds is 3. The molecule has 1 aliphatic rings. The number of carbonyl (C=O) groups is 1. The summed E-state index contributed by atoms with van der Waals surface area (Å²) in [6, 6.07) is 12.5. The van der Waals surface area contributed by atoms with Crippen LogP contribution in [0.2, 0.25) is 0 Å². The minimum atomic E-state index is 0.0758. The zero-order valence-corrected chi connectivity index (χ0v) is 17.3. The van der Waals surface area contributed by atoms with Crippen molar-refractivity contribution < 1.29 is 4.79 Å². The average molecular weight is 399 g/mol. The van der Waals surface area contributed by atoms with Crippen LogP contribution in [0, 0.1) is 6.92 Å². The fraction of sp³-hybridized carbons (Fsp3) is 0.292. The number of amides is 1. The van der Waals surface area contributed by atoms with Crippen LogP contribution in [0.15, 0.2) is 55.0 Å². The van der Waals surface area contributed by atoms with Crippen molar-refractivity contribution in [2.24, 2.45) is 7.05 Å². The molecular formula is C24H25N5O. The predicted molar refractivity (Wildman–Crippen MR) is 117 cm³/mol. The summed E-state index contributed by atoms with van der Waals surface area (Å²) in [7, 11) is 1.87. The van der Waals surface area contributed by atoms with E-state index in [0.717, 1.165) is 36.2 Å². The van der Waals surface area contributed by atoms with Crippen LogP contribution in [0.3, 0.4) is 0 Å². The molecule has 152 valence electrons. The minimum absolute atomic E-state index is 0.0758. The molecule has 5 rings (SSSR count). The van der Waals surface area contributed by atoms with Crippen molar-refractivity contribution in [3.05, 3.63) is 71.9 Å². The van der Waals surface area contributed by atoms with Gasteiger partial charge in [-0.1, -0.05) is 18.2 Å². The van der Waals surface area contributed by atoms with Crippen LogP contribution in [0.5, 0.6) is 0 Å². The number of hydrogen-bond acceptors (Lipinski definition) is 3. The number of aromatic nitrogens is 4. The number of piperidine rings is 1. The number of likely N-dealkylation sites (tertiary alicyclic amines) is 1. The lowest BCUT2D eigenvalue weighted by atomic mass is 9.89. The van der Waals surface area contributed by atoms with Gasteiger partial charge in [-0.25, -0.2) is 0 Å². The van der Waals surface area contributed by atoms with Crippen molar-refractivity contribution in [2.75, 3.05) is 13.1 Å². The minimum Gasteiger partial charge on any atom is -0.358 e. The van der Waals surface area contributed by atoms with Gasteiger partial charge in [-0.15, -0.1) is 0 Å². The summed E-state index contributed by atoms with van der Waals surface area (Å²) in [6.07, 6.45) is 7.40. The Hall–Kier alpha value is -3.41. The highest BCUT2D eigenvalue weighted by Gasteiger charge is 2.30. The van der Waals surface area contributed by atoms with Gasteiger partial charge in [0.1, 0.15) is 0 Å². The molecule has 30 heavy (non-hydrogen) atoms. The Kier molecular flexibility index (Phi) is 4.62. The van der Waals surface area contributed by atoms with E-state index in [0.29, 0.717) is 12.1 Å². The van der Waals surface area contributed by atoms with E-state index < -0.39 is 0 Å². The molecule has 6 nitrogen and oxygen atoms in total. The van der Waals surface area contributed by atoms with Gasteiger partial charge in [-0.05, 0) is 43.5 Å². The van der Waals surface area contributed by atoms with Crippen molar-refractivity contribution in [1.82, 2.24) is 24.6 Å². The maximum absolute atomic E-state index is 13.2. The number of nitrogens with zero attached hydrogens (tertiary/aromatic N) is 4. The third kappa shape index (κ3) is 3.09. The van der Waals surface area contributed by atoms with Crippen molar-refractivity contribution in [1.29, 1.82) is 0 Å². The number of benzene rings is 1. The molecular weight excluding hydrogens is 374 g/mol. The van der Waals surface area contributed by atoms with Gasteiger partial charge in [0.2, 0.25) is 0 Å². The molecule has 1 fully saturated rings. The summed E-state index contributed by atoms with van der Waals surface area (Å²) in [4.78, 5) is 23.0. The lowest BCUT2D eigenvalue weighted by Gasteiger charge is -2.33. The van der Waals surface area contributed by atoms with E-state index in [1.165, 1.54) is 16.6 Å². The maximum Gasteiger partial charge on any atom is 0.257 e. The Labute approximate surface area is 175 Å². The highest BCUT2D eigenvalue weighted by Crippen LogP contribution is 2.39. The number of nitrogens with one attached hydrogen (secondary N) is 1. The average Bonchev–Trinajstić information content (AvgIpc) is 3.34. The molecule has 0 radical (unpaired) electrons. The monoisotopic (exact) mass is 399 g/mol. The summed E-state index contributed by atoms with van der Waals surface area (Å²) < 4.78 is 1.76. The van der Waals surface area contributed by atoms with Crippen molar-refractivity contribution in [2.45, 2.75) is 25.7 Å². The second kappa shape index (κ2) is 7.44. The largest absolute Gasteiger partial charge is 0.358 e. The Morgan fingerprint density at radius 3 is 2.73 bits per heavy atom. The van der Waals surface area contributed by atoms with Gasteiger partial charge in [0.25, 0.3) is 5.91 Å². The highest BCUT2D eigenvalue weighted by atomic mass is 16.2. The summed E-state index contributed by atoms with van der Waals surface area (Å²) >= 11 is 0. The lowest BCUT2D eigenvalue weighted by molar-refractivity contribution is 0.0705. The SMILES string of the molecule is Cc1c(C(=O)N2CCCC(c3[nH]c4ccccc4c3-c3ccncc3)C2)cnn1C. The number of carbonyl (C=O) groups excluding carboxylic acids is 1. The van der Waals surface area contributed by atoms with Gasteiger partial charge < -0.3 is 9.88 Å². The fourth-order valence-electron chi connectivity index (χ4n) is 4.57. The van der Waals surface area contributed by atoms with Crippen molar-refractivity contribution >= 4 is 16.8 Å². The molecule has 1 amide bonds. The molecule has 0 saturated carbocycles. The maximum atomic E-state index is 13.2. The first-order valence-corrected chi connectivity index (χ1v) is 10.4. The Bertz CT molecular complexity index is 1210. The number of fused-ring (bicyclic) bond motifs is 1. The van der Waals surface area contributed by atoms with Gasteiger partial charge in [-0.2, -0.15) is 5.10 Å². The molecule has 1 atom stereocenters. The number of aromatic amines is 1. The van der Waals surface area contributed by atoms with Gasteiger partial charge >= 0.3 is 0 Å². The summed E-state index contributed by atoms with van der Waals surface area (Å²) in [6.45, 7) is 3.44.